The SMILES string of the molecule is C[C@@H]1C(CN2CCOCC2)C2(C)CC2N1C(C)(C)C. The van der Waals surface area contributed by atoms with E-state index in [0.717, 1.165) is 38.3 Å². The molecule has 110 valence electrons. The Labute approximate surface area is 118 Å². The summed E-state index contributed by atoms with van der Waals surface area (Å²) in [6.45, 7) is 17.5. The van der Waals surface area contributed by atoms with Crippen molar-refractivity contribution in [3.8, 4) is 0 Å². The molecule has 4 atom stereocenters. The lowest BCUT2D eigenvalue weighted by Gasteiger charge is -2.41. The fourth-order valence-electron chi connectivity index (χ4n) is 4.70. The quantitative estimate of drug-likeness (QED) is 0.762. The monoisotopic (exact) mass is 266 g/mol. The normalized spacial score (nSPS) is 44.4. The summed E-state index contributed by atoms with van der Waals surface area (Å²) in [4.78, 5) is 5.41. The van der Waals surface area contributed by atoms with Crippen molar-refractivity contribution in [3.63, 3.8) is 0 Å². The van der Waals surface area contributed by atoms with E-state index in [1.165, 1.54) is 13.0 Å². The van der Waals surface area contributed by atoms with Crippen molar-refractivity contribution < 1.29 is 4.74 Å². The number of nitrogens with zero attached hydrogens (tertiary/aromatic N) is 2. The van der Waals surface area contributed by atoms with Gasteiger partial charge in [0.1, 0.15) is 0 Å². The Hall–Kier alpha value is -0.120. The third-order valence-electron chi connectivity index (χ3n) is 5.77. The van der Waals surface area contributed by atoms with Crippen LogP contribution in [0, 0.1) is 11.3 Å². The van der Waals surface area contributed by atoms with E-state index >= 15 is 0 Å². The molecule has 2 saturated heterocycles. The Morgan fingerprint density at radius 3 is 2.37 bits per heavy atom. The average molecular weight is 266 g/mol. The van der Waals surface area contributed by atoms with Crippen molar-refractivity contribution in [2.75, 3.05) is 32.8 Å². The maximum atomic E-state index is 5.48. The van der Waals surface area contributed by atoms with Crippen LogP contribution in [-0.2, 0) is 4.74 Å². The minimum absolute atomic E-state index is 0.307. The minimum atomic E-state index is 0.307. The standard InChI is InChI=1S/C16H30N2O/c1-12-13(11-17-6-8-19-9-7-17)16(5)10-14(16)18(12)15(2,3)4/h12-14H,6-11H2,1-5H3/t12-,13?,14?,16?/m1/s1. The van der Waals surface area contributed by atoms with Crippen molar-refractivity contribution in [2.45, 2.75) is 58.7 Å². The molecule has 1 aliphatic carbocycles. The Bertz CT molecular complexity index is 345. The smallest absolute Gasteiger partial charge is 0.0594 e. The van der Waals surface area contributed by atoms with Crippen molar-refractivity contribution in [2.24, 2.45) is 11.3 Å². The molecule has 0 N–H and O–H groups in total. The van der Waals surface area contributed by atoms with Crippen molar-refractivity contribution in [1.29, 1.82) is 0 Å². The lowest BCUT2D eigenvalue weighted by atomic mass is 9.86. The highest BCUT2D eigenvalue weighted by atomic mass is 16.5. The van der Waals surface area contributed by atoms with Crippen LogP contribution in [0.2, 0.25) is 0 Å². The first kappa shape index (κ1) is 13.8. The van der Waals surface area contributed by atoms with Crippen LogP contribution in [0.1, 0.15) is 41.0 Å². The van der Waals surface area contributed by atoms with Gasteiger partial charge in [-0.15, -0.1) is 0 Å². The van der Waals surface area contributed by atoms with E-state index < -0.39 is 0 Å². The van der Waals surface area contributed by atoms with Gasteiger partial charge in [-0.3, -0.25) is 9.80 Å². The highest BCUT2D eigenvalue weighted by Crippen LogP contribution is 2.64. The fraction of sp³-hybridized carbons (Fsp3) is 1.00. The van der Waals surface area contributed by atoms with Gasteiger partial charge in [0, 0.05) is 37.3 Å². The third-order valence-corrected chi connectivity index (χ3v) is 5.77. The first-order valence-electron chi connectivity index (χ1n) is 7.92. The Morgan fingerprint density at radius 1 is 1.21 bits per heavy atom. The third kappa shape index (κ3) is 2.24. The predicted molar refractivity (Wildman–Crippen MR) is 78.3 cm³/mol. The topological polar surface area (TPSA) is 15.7 Å². The van der Waals surface area contributed by atoms with Crippen LogP contribution in [-0.4, -0.2) is 60.3 Å². The van der Waals surface area contributed by atoms with E-state index in [1.54, 1.807) is 0 Å². The molecule has 1 saturated carbocycles. The Kier molecular flexibility index (Phi) is 3.23. The number of rotatable bonds is 2. The molecule has 3 heteroatoms. The molecule has 3 nitrogen and oxygen atoms in total. The number of likely N-dealkylation sites (tertiary alicyclic amines) is 1. The summed E-state index contributed by atoms with van der Waals surface area (Å²) in [6.07, 6.45) is 1.41. The molecule has 0 bridgehead atoms. The van der Waals surface area contributed by atoms with Crippen LogP contribution in [0.25, 0.3) is 0 Å². The number of piperidine rings is 1. The molecule has 19 heavy (non-hydrogen) atoms. The summed E-state index contributed by atoms with van der Waals surface area (Å²) in [5.74, 6) is 0.829. The van der Waals surface area contributed by atoms with Gasteiger partial charge in [-0.05, 0) is 45.4 Å². The number of morpholine rings is 1. The minimum Gasteiger partial charge on any atom is -0.379 e. The summed E-state index contributed by atoms with van der Waals surface area (Å²) in [5, 5.41) is 0. The number of hydrogen-bond donors (Lipinski definition) is 0. The lowest BCUT2D eigenvalue weighted by Crippen LogP contribution is -2.49. The molecule has 3 aliphatic rings. The van der Waals surface area contributed by atoms with Crippen molar-refractivity contribution in [3.05, 3.63) is 0 Å². The molecule has 0 spiro atoms. The van der Waals surface area contributed by atoms with Gasteiger partial charge >= 0.3 is 0 Å². The second-order valence-corrected chi connectivity index (χ2v) is 8.06. The molecule has 0 aromatic rings. The molecule has 3 unspecified atom stereocenters. The van der Waals surface area contributed by atoms with Crippen LogP contribution in [0.15, 0.2) is 0 Å². The second-order valence-electron chi connectivity index (χ2n) is 8.06. The molecular weight excluding hydrogens is 236 g/mol. The second kappa shape index (κ2) is 4.44. The van der Waals surface area contributed by atoms with Gasteiger partial charge < -0.3 is 4.74 Å². The van der Waals surface area contributed by atoms with Gasteiger partial charge in [0.15, 0.2) is 0 Å². The van der Waals surface area contributed by atoms with Crippen LogP contribution >= 0.6 is 0 Å². The van der Waals surface area contributed by atoms with Gasteiger partial charge in [0.25, 0.3) is 0 Å². The molecule has 3 fully saturated rings. The van der Waals surface area contributed by atoms with Gasteiger partial charge in [0.05, 0.1) is 13.2 Å². The van der Waals surface area contributed by atoms with Gasteiger partial charge in [-0.1, -0.05) is 6.92 Å². The van der Waals surface area contributed by atoms with Crippen LogP contribution in [0.4, 0.5) is 0 Å². The Morgan fingerprint density at radius 2 is 1.84 bits per heavy atom. The maximum Gasteiger partial charge on any atom is 0.0594 e. The zero-order valence-corrected chi connectivity index (χ0v) is 13.3. The summed E-state index contributed by atoms with van der Waals surface area (Å²) < 4.78 is 5.48. The molecule has 0 aromatic heterocycles. The zero-order chi connectivity index (χ0) is 13.8. The molecular formula is C16H30N2O. The largest absolute Gasteiger partial charge is 0.379 e. The molecule has 0 radical (unpaired) electrons. The number of hydrogen-bond acceptors (Lipinski definition) is 3. The average Bonchev–Trinajstić information content (AvgIpc) is 2.92. The maximum absolute atomic E-state index is 5.48. The van der Waals surface area contributed by atoms with Crippen LogP contribution in [0.3, 0.4) is 0 Å². The van der Waals surface area contributed by atoms with Gasteiger partial charge in [-0.25, -0.2) is 0 Å². The van der Waals surface area contributed by atoms with E-state index in [9.17, 15) is 0 Å². The summed E-state index contributed by atoms with van der Waals surface area (Å²) in [5.41, 5.74) is 0.882. The van der Waals surface area contributed by atoms with E-state index in [0.29, 0.717) is 17.0 Å². The molecule has 2 heterocycles. The number of fused-ring (bicyclic) bond motifs is 1. The summed E-state index contributed by atoms with van der Waals surface area (Å²) in [6, 6.07) is 1.54. The Balaban J connectivity index is 1.71. The van der Waals surface area contributed by atoms with Crippen molar-refractivity contribution >= 4 is 0 Å². The van der Waals surface area contributed by atoms with Crippen molar-refractivity contribution in [1.82, 2.24) is 9.80 Å². The van der Waals surface area contributed by atoms with Gasteiger partial charge in [0.2, 0.25) is 0 Å². The molecule has 0 amide bonds. The highest BCUT2D eigenvalue weighted by Gasteiger charge is 2.67. The summed E-state index contributed by atoms with van der Waals surface area (Å²) >= 11 is 0. The first-order valence-corrected chi connectivity index (χ1v) is 7.92. The number of ether oxygens (including phenoxy) is 1. The first-order chi connectivity index (χ1) is 8.84. The van der Waals surface area contributed by atoms with Crippen LogP contribution in [0.5, 0.6) is 0 Å². The molecule has 2 aliphatic heterocycles. The molecule has 3 rings (SSSR count). The van der Waals surface area contributed by atoms with Gasteiger partial charge in [-0.2, -0.15) is 0 Å². The molecule has 0 aromatic carbocycles. The van der Waals surface area contributed by atoms with Crippen LogP contribution < -0.4 is 0 Å². The fourth-order valence-corrected chi connectivity index (χ4v) is 4.70. The summed E-state index contributed by atoms with van der Waals surface area (Å²) in [7, 11) is 0. The highest BCUT2D eigenvalue weighted by molar-refractivity contribution is 5.20. The van der Waals surface area contributed by atoms with E-state index in [4.69, 9.17) is 4.74 Å². The lowest BCUT2D eigenvalue weighted by molar-refractivity contribution is 0.0163. The van der Waals surface area contributed by atoms with E-state index in [2.05, 4.69) is 44.4 Å². The van der Waals surface area contributed by atoms with E-state index in [-0.39, 0.29) is 0 Å². The zero-order valence-electron chi connectivity index (χ0n) is 13.3. The predicted octanol–water partition coefficient (Wildman–Crippen LogP) is 2.22. The van der Waals surface area contributed by atoms with E-state index in [1.807, 2.05) is 0 Å².